The van der Waals surface area contributed by atoms with E-state index in [0.717, 1.165) is 49.8 Å². The number of benzene rings is 2. The van der Waals surface area contributed by atoms with Crippen LogP contribution in [0, 0.1) is 12.7 Å². The number of nitrogens with one attached hydrogen (secondary N) is 2. The molecule has 2 aromatic carbocycles. The second-order valence-electron chi connectivity index (χ2n) is 9.30. The number of likely N-dealkylation sites (tertiary alicyclic amines) is 1. The number of amides is 1. The molecule has 0 atom stereocenters. The van der Waals surface area contributed by atoms with Crippen LogP contribution in [0.4, 0.5) is 23.4 Å². The highest BCUT2D eigenvalue weighted by atomic mass is 19.4. The van der Waals surface area contributed by atoms with Crippen LogP contribution in [0.3, 0.4) is 0 Å². The smallest absolute Gasteiger partial charge is 0.305 e. The number of carbonyl (C=O) groups excluding carboxylic acids is 1. The minimum Gasteiger partial charge on any atom is -0.305 e. The molecule has 2 aromatic heterocycles. The Kier molecular flexibility index (Phi) is 6.68. The van der Waals surface area contributed by atoms with Gasteiger partial charge in [0.25, 0.3) is 5.91 Å². The number of halogens is 4. The lowest BCUT2D eigenvalue weighted by Gasteiger charge is -2.26. The third-order valence-electron chi connectivity index (χ3n) is 6.68. The number of aromatic nitrogens is 3. The largest absolute Gasteiger partial charge is 0.416 e. The summed E-state index contributed by atoms with van der Waals surface area (Å²) in [7, 11) is 0. The van der Waals surface area contributed by atoms with E-state index in [-0.39, 0.29) is 17.3 Å². The van der Waals surface area contributed by atoms with Crippen LogP contribution in [0.15, 0.2) is 48.7 Å². The van der Waals surface area contributed by atoms with Gasteiger partial charge in [0.2, 0.25) is 0 Å². The standard InChI is InChI=1S/C27H25F4N5O/c1-16-20(11-17(12-22(16)28)15-36-9-3-2-4-10-36)18-5-6-23-21(13-18)25(35-34-23)26(37)33-24-14-19(7-8-32-24)27(29,30)31/h5-8,11-14H,2-4,9-10,15H2,1H3,(H,34,35)(H,32,33,37). The molecule has 0 saturated carbocycles. The highest BCUT2D eigenvalue weighted by molar-refractivity contribution is 6.11. The number of rotatable bonds is 5. The summed E-state index contributed by atoms with van der Waals surface area (Å²) in [5.74, 6) is -1.25. The first-order valence-corrected chi connectivity index (χ1v) is 12.0. The minimum absolute atomic E-state index is 0.00124. The SMILES string of the molecule is Cc1c(F)cc(CN2CCCCC2)cc1-c1ccc2[nH]nc(C(=O)Nc3cc(C(F)(F)F)ccn3)c2c1. The van der Waals surface area contributed by atoms with Crippen molar-refractivity contribution >= 4 is 22.6 Å². The summed E-state index contributed by atoms with van der Waals surface area (Å²) < 4.78 is 54.0. The number of hydrogen-bond donors (Lipinski definition) is 2. The number of nitrogens with zero attached hydrogens (tertiary/aromatic N) is 3. The van der Waals surface area contributed by atoms with E-state index in [0.29, 0.717) is 34.1 Å². The van der Waals surface area contributed by atoms with Crippen molar-refractivity contribution in [3.05, 3.63) is 76.9 Å². The number of hydrogen-bond acceptors (Lipinski definition) is 4. The predicted octanol–water partition coefficient (Wildman–Crippen LogP) is 6.33. The fourth-order valence-corrected chi connectivity index (χ4v) is 4.71. The van der Waals surface area contributed by atoms with Crippen molar-refractivity contribution in [2.24, 2.45) is 0 Å². The second-order valence-corrected chi connectivity index (χ2v) is 9.30. The molecule has 2 N–H and O–H groups in total. The first-order valence-electron chi connectivity index (χ1n) is 12.0. The molecule has 1 aliphatic rings. The third-order valence-corrected chi connectivity index (χ3v) is 6.68. The maximum absolute atomic E-state index is 14.9. The van der Waals surface area contributed by atoms with E-state index in [2.05, 4.69) is 25.4 Å². The fraction of sp³-hybridized carbons (Fsp3) is 0.296. The lowest BCUT2D eigenvalue weighted by molar-refractivity contribution is -0.137. The van der Waals surface area contributed by atoms with Crippen molar-refractivity contribution in [3.8, 4) is 11.1 Å². The van der Waals surface area contributed by atoms with Gasteiger partial charge in [0.1, 0.15) is 11.6 Å². The van der Waals surface area contributed by atoms with E-state index in [1.54, 1.807) is 25.1 Å². The highest BCUT2D eigenvalue weighted by Crippen LogP contribution is 2.32. The first kappa shape index (κ1) is 24.9. The van der Waals surface area contributed by atoms with Crippen molar-refractivity contribution in [2.75, 3.05) is 18.4 Å². The summed E-state index contributed by atoms with van der Waals surface area (Å²) in [4.78, 5) is 19.0. The molecule has 1 saturated heterocycles. The van der Waals surface area contributed by atoms with Gasteiger partial charge in [-0.25, -0.2) is 9.37 Å². The van der Waals surface area contributed by atoms with Crippen LogP contribution < -0.4 is 5.32 Å². The van der Waals surface area contributed by atoms with Gasteiger partial charge in [0, 0.05) is 18.1 Å². The summed E-state index contributed by atoms with van der Waals surface area (Å²) >= 11 is 0. The molecule has 0 radical (unpaired) electrons. The predicted molar refractivity (Wildman–Crippen MR) is 133 cm³/mol. The molecule has 3 heterocycles. The number of fused-ring (bicyclic) bond motifs is 1. The van der Waals surface area contributed by atoms with E-state index in [9.17, 15) is 22.4 Å². The number of alkyl halides is 3. The molecule has 1 fully saturated rings. The Balaban J connectivity index is 1.45. The topological polar surface area (TPSA) is 73.9 Å². The van der Waals surface area contributed by atoms with Gasteiger partial charge < -0.3 is 5.32 Å². The van der Waals surface area contributed by atoms with E-state index in [4.69, 9.17) is 0 Å². The van der Waals surface area contributed by atoms with E-state index in [1.807, 2.05) is 12.1 Å². The van der Waals surface area contributed by atoms with Gasteiger partial charge in [-0.3, -0.25) is 14.8 Å². The van der Waals surface area contributed by atoms with E-state index < -0.39 is 17.6 Å². The molecular formula is C27H25F4N5O. The number of pyridine rings is 1. The Bertz CT molecular complexity index is 1460. The van der Waals surface area contributed by atoms with E-state index >= 15 is 0 Å². The van der Waals surface area contributed by atoms with Crippen molar-refractivity contribution in [1.29, 1.82) is 0 Å². The fourth-order valence-electron chi connectivity index (χ4n) is 4.71. The Morgan fingerprint density at radius 2 is 1.86 bits per heavy atom. The lowest BCUT2D eigenvalue weighted by Crippen LogP contribution is -2.29. The Hall–Kier alpha value is -3.79. The van der Waals surface area contributed by atoms with Gasteiger partial charge in [-0.15, -0.1) is 0 Å². The van der Waals surface area contributed by atoms with Gasteiger partial charge in [0.05, 0.1) is 11.1 Å². The van der Waals surface area contributed by atoms with Crippen LogP contribution in [-0.4, -0.2) is 39.1 Å². The minimum atomic E-state index is -4.56. The van der Waals surface area contributed by atoms with Crippen LogP contribution >= 0.6 is 0 Å². The van der Waals surface area contributed by atoms with Crippen LogP contribution in [0.1, 0.15) is 46.4 Å². The van der Waals surface area contributed by atoms with Gasteiger partial charge in [-0.2, -0.15) is 18.3 Å². The quantitative estimate of drug-likeness (QED) is 0.307. The average Bonchev–Trinajstić information content (AvgIpc) is 3.30. The summed E-state index contributed by atoms with van der Waals surface area (Å²) in [6.07, 6.45) is -0.0910. The summed E-state index contributed by atoms with van der Waals surface area (Å²) in [6, 6.07) is 10.4. The van der Waals surface area contributed by atoms with Gasteiger partial charge in [-0.05, 0) is 91.5 Å². The average molecular weight is 512 g/mol. The summed E-state index contributed by atoms with van der Waals surface area (Å²) in [5, 5.41) is 9.68. The Labute approximate surface area is 210 Å². The molecule has 1 amide bonds. The highest BCUT2D eigenvalue weighted by Gasteiger charge is 2.31. The monoisotopic (exact) mass is 511 g/mol. The van der Waals surface area contributed by atoms with Crippen LogP contribution in [0.2, 0.25) is 0 Å². The molecule has 6 nitrogen and oxygen atoms in total. The molecule has 10 heteroatoms. The van der Waals surface area contributed by atoms with Gasteiger partial charge in [-0.1, -0.05) is 12.5 Å². The summed E-state index contributed by atoms with van der Waals surface area (Å²) in [5.41, 5.74) is 2.42. The number of aromatic amines is 1. The molecular weight excluding hydrogens is 486 g/mol. The zero-order valence-electron chi connectivity index (χ0n) is 20.1. The van der Waals surface area contributed by atoms with E-state index in [1.165, 1.54) is 6.42 Å². The van der Waals surface area contributed by atoms with Crippen molar-refractivity contribution in [1.82, 2.24) is 20.1 Å². The lowest BCUT2D eigenvalue weighted by atomic mass is 9.95. The van der Waals surface area contributed by atoms with Crippen LogP contribution in [-0.2, 0) is 12.7 Å². The molecule has 0 spiro atoms. The van der Waals surface area contributed by atoms with Gasteiger partial charge >= 0.3 is 6.18 Å². The van der Waals surface area contributed by atoms with Crippen LogP contribution in [0.5, 0.6) is 0 Å². The van der Waals surface area contributed by atoms with Crippen molar-refractivity contribution in [2.45, 2.75) is 38.9 Å². The number of carbonyl (C=O) groups is 1. The molecule has 0 bridgehead atoms. The molecule has 192 valence electrons. The first-order chi connectivity index (χ1) is 17.7. The maximum atomic E-state index is 14.9. The molecule has 5 rings (SSSR count). The molecule has 1 aliphatic heterocycles. The second kappa shape index (κ2) is 9.93. The molecule has 37 heavy (non-hydrogen) atoms. The maximum Gasteiger partial charge on any atom is 0.416 e. The zero-order chi connectivity index (χ0) is 26.2. The van der Waals surface area contributed by atoms with Gasteiger partial charge in [0.15, 0.2) is 5.69 Å². The molecule has 0 unspecified atom stereocenters. The van der Waals surface area contributed by atoms with Crippen molar-refractivity contribution < 1.29 is 22.4 Å². The normalized spacial score (nSPS) is 14.7. The van der Waals surface area contributed by atoms with Crippen molar-refractivity contribution in [3.63, 3.8) is 0 Å². The number of anilines is 1. The third kappa shape index (κ3) is 5.34. The Morgan fingerprint density at radius 3 is 2.62 bits per heavy atom. The Morgan fingerprint density at radius 1 is 1.08 bits per heavy atom. The summed E-state index contributed by atoms with van der Waals surface area (Å²) in [6.45, 7) is 4.35. The molecule has 0 aliphatic carbocycles. The molecule has 4 aromatic rings. The zero-order valence-corrected chi connectivity index (χ0v) is 20.1. The number of H-pyrrole nitrogens is 1. The van der Waals surface area contributed by atoms with Crippen LogP contribution in [0.25, 0.3) is 22.0 Å². The number of piperidine rings is 1.